The third-order valence-corrected chi connectivity index (χ3v) is 2.43. The van der Waals surface area contributed by atoms with E-state index in [1.807, 2.05) is 31.2 Å². The van der Waals surface area contributed by atoms with Crippen molar-refractivity contribution in [1.29, 1.82) is 5.26 Å². The van der Waals surface area contributed by atoms with Crippen LogP contribution < -0.4 is 5.73 Å². The standard InChI is InChI=1S/C12H12N4/c1-9(14)10-4-2-3-5-11(10)16-7-6-15-12(16)8-13/h2-7,9H,14H2,1H3. The van der Waals surface area contributed by atoms with E-state index in [0.717, 1.165) is 11.3 Å². The summed E-state index contributed by atoms with van der Waals surface area (Å²) in [7, 11) is 0. The van der Waals surface area contributed by atoms with Gasteiger partial charge in [0.2, 0.25) is 5.82 Å². The monoisotopic (exact) mass is 212 g/mol. The Morgan fingerprint density at radius 1 is 1.44 bits per heavy atom. The van der Waals surface area contributed by atoms with Crippen LogP contribution in [0.1, 0.15) is 24.4 Å². The smallest absolute Gasteiger partial charge is 0.217 e. The van der Waals surface area contributed by atoms with Gasteiger partial charge in [0.1, 0.15) is 6.07 Å². The highest BCUT2D eigenvalue weighted by atomic mass is 15.1. The highest BCUT2D eigenvalue weighted by Crippen LogP contribution is 2.20. The molecule has 0 aliphatic carbocycles. The van der Waals surface area contributed by atoms with Crippen molar-refractivity contribution >= 4 is 0 Å². The number of hydrogen-bond acceptors (Lipinski definition) is 3. The zero-order valence-electron chi connectivity index (χ0n) is 8.96. The molecule has 80 valence electrons. The van der Waals surface area contributed by atoms with Gasteiger partial charge in [-0.3, -0.25) is 4.57 Å². The van der Waals surface area contributed by atoms with E-state index in [1.165, 1.54) is 0 Å². The first-order valence-corrected chi connectivity index (χ1v) is 5.02. The first kappa shape index (κ1) is 10.4. The summed E-state index contributed by atoms with van der Waals surface area (Å²) in [6.07, 6.45) is 3.37. The Morgan fingerprint density at radius 3 is 2.88 bits per heavy atom. The van der Waals surface area contributed by atoms with Gasteiger partial charge in [-0.05, 0) is 18.6 Å². The van der Waals surface area contributed by atoms with Crippen LogP contribution in [0.3, 0.4) is 0 Å². The third kappa shape index (κ3) is 1.69. The van der Waals surface area contributed by atoms with E-state index in [4.69, 9.17) is 11.0 Å². The maximum Gasteiger partial charge on any atom is 0.217 e. The number of para-hydroxylation sites is 1. The molecule has 1 unspecified atom stereocenters. The molecule has 4 nitrogen and oxygen atoms in total. The summed E-state index contributed by atoms with van der Waals surface area (Å²) in [6.45, 7) is 1.92. The Hall–Kier alpha value is -2.12. The number of benzene rings is 1. The largest absolute Gasteiger partial charge is 0.324 e. The van der Waals surface area contributed by atoms with Gasteiger partial charge in [-0.25, -0.2) is 4.98 Å². The van der Waals surface area contributed by atoms with E-state index in [0.29, 0.717) is 5.82 Å². The molecule has 0 saturated heterocycles. The molecule has 0 radical (unpaired) electrons. The second-order valence-electron chi connectivity index (χ2n) is 3.58. The maximum absolute atomic E-state index is 8.93. The number of imidazole rings is 1. The van der Waals surface area contributed by atoms with Gasteiger partial charge < -0.3 is 5.73 Å². The number of rotatable bonds is 2. The van der Waals surface area contributed by atoms with E-state index in [1.54, 1.807) is 17.0 Å². The molecule has 1 aromatic carbocycles. The SMILES string of the molecule is CC(N)c1ccccc1-n1ccnc1C#N. The first-order chi connectivity index (χ1) is 7.74. The lowest BCUT2D eigenvalue weighted by Gasteiger charge is -2.13. The zero-order valence-corrected chi connectivity index (χ0v) is 8.96. The molecule has 0 aliphatic rings. The summed E-state index contributed by atoms with van der Waals surface area (Å²) in [5.74, 6) is 0.369. The Bertz CT molecular complexity index is 534. The zero-order chi connectivity index (χ0) is 11.5. The van der Waals surface area contributed by atoms with Gasteiger partial charge in [-0.2, -0.15) is 5.26 Å². The number of nitrogens with two attached hydrogens (primary N) is 1. The van der Waals surface area contributed by atoms with Gasteiger partial charge in [0.15, 0.2) is 0 Å². The molecular formula is C12H12N4. The molecule has 16 heavy (non-hydrogen) atoms. The van der Waals surface area contributed by atoms with Crippen molar-refractivity contribution in [3.8, 4) is 11.8 Å². The molecule has 0 aliphatic heterocycles. The summed E-state index contributed by atoms with van der Waals surface area (Å²) < 4.78 is 1.75. The molecule has 4 heteroatoms. The van der Waals surface area contributed by atoms with Crippen molar-refractivity contribution < 1.29 is 0 Å². The summed E-state index contributed by atoms with van der Waals surface area (Å²) in [6, 6.07) is 9.72. The molecular weight excluding hydrogens is 200 g/mol. The van der Waals surface area contributed by atoms with Crippen molar-refractivity contribution in [3.63, 3.8) is 0 Å². The van der Waals surface area contributed by atoms with Crippen LogP contribution in [-0.2, 0) is 0 Å². The number of aromatic nitrogens is 2. The van der Waals surface area contributed by atoms with E-state index < -0.39 is 0 Å². The summed E-state index contributed by atoms with van der Waals surface area (Å²) >= 11 is 0. The lowest BCUT2D eigenvalue weighted by molar-refractivity contribution is 0.802. The minimum absolute atomic E-state index is 0.0786. The second kappa shape index (κ2) is 4.17. The van der Waals surface area contributed by atoms with Crippen LogP contribution in [0.15, 0.2) is 36.7 Å². The maximum atomic E-state index is 8.93. The fraction of sp³-hybridized carbons (Fsp3) is 0.167. The van der Waals surface area contributed by atoms with Crippen molar-refractivity contribution in [3.05, 3.63) is 48.0 Å². The van der Waals surface area contributed by atoms with Crippen LogP contribution in [0.25, 0.3) is 5.69 Å². The van der Waals surface area contributed by atoms with Gasteiger partial charge in [-0.1, -0.05) is 18.2 Å². The van der Waals surface area contributed by atoms with Crippen molar-refractivity contribution in [2.75, 3.05) is 0 Å². The van der Waals surface area contributed by atoms with Crippen LogP contribution in [0.5, 0.6) is 0 Å². The predicted molar refractivity (Wildman–Crippen MR) is 60.9 cm³/mol. The predicted octanol–water partition coefficient (Wildman–Crippen LogP) is 1.76. The highest BCUT2D eigenvalue weighted by molar-refractivity contribution is 5.44. The van der Waals surface area contributed by atoms with Crippen LogP contribution in [0, 0.1) is 11.3 Å². The minimum atomic E-state index is -0.0786. The van der Waals surface area contributed by atoms with Gasteiger partial charge in [-0.15, -0.1) is 0 Å². The van der Waals surface area contributed by atoms with Crippen molar-refractivity contribution in [2.24, 2.45) is 5.73 Å². The summed E-state index contributed by atoms with van der Waals surface area (Å²) in [4.78, 5) is 3.97. The lowest BCUT2D eigenvalue weighted by atomic mass is 10.1. The van der Waals surface area contributed by atoms with Crippen LogP contribution in [0.4, 0.5) is 0 Å². The van der Waals surface area contributed by atoms with Crippen LogP contribution in [-0.4, -0.2) is 9.55 Å². The fourth-order valence-electron chi connectivity index (χ4n) is 1.67. The van der Waals surface area contributed by atoms with Gasteiger partial charge >= 0.3 is 0 Å². The molecule has 2 aromatic rings. The van der Waals surface area contributed by atoms with Crippen LogP contribution in [0.2, 0.25) is 0 Å². The number of nitriles is 1. The number of nitrogens with zero attached hydrogens (tertiary/aromatic N) is 3. The minimum Gasteiger partial charge on any atom is -0.324 e. The van der Waals surface area contributed by atoms with Gasteiger partial charge in [0.05, 0.1) is 5.69 Å². The molecule has 1 heterocycles. The van der Waals surface area contributed by atoms with Crippen molar-refractivity contribution in [1.82, 2.24) is 9.55 Å². The van der Waals surface area contributed by atoms with E-state index >= 15 is 0 Å². The first-order valence-electron chi connectivity index (χ1n) is 5.02. The highest BCUT2D eigenvalue weighted by Gasteiger charge is 2.10. The quantitative estimate of drug-likeness (QED) is 0.824. The molecule has 0 bridgehead atoms. The Labute approximate surface area is 94.0 Å². The Balaban J connectivity index is 2.61. The Kier molecular flexibility index (Phi) is 2.71. The van der Waals surface area contributed by atoms with Gasteiger partial charge in [0, 0.05) is 18.4 Å². The molecule has 0 saturated carbocycles. The fourth-order valence-corrected chi connectivity index (χ4v) is 1.67. The molecule has 1 aromatic heterocycles. The normalized spacial score (nSPS) is 12.1. The summed E-state index contributed by atoms with van der Waals surface area (Å²) in [5, 5.41) is 8.93. The van der Waals surface area contributed by atoms with Crippen molar-refractivity contribution in [2.45, 2.75) is 13.0 Å². The average molecular weight is 212 g/mol. The van der Waals surface area contributed by atoms with E-state index in [2.05, 4.69) is 11.1 Å². The van der Waals surface area contributed by atoms with Gasteiger partial charge in [0.25, 0.3) is 0 Å². The third-order valence-electron chi connectivity index (χ3n) is 2.43. The number of hydrogen-bond donors (Lipinski definition) is 1. The second-order valence-corrected chi connectivity index (χ2v) is 3.58. The average Bonchev–Trinajstić information content (AvgIpc) is 2.76. The molecule has 2 N–H and O–H groups in total. The molecule has 0 spiro atoms. The lowest BCUT2D eigenvalue weighted by Crippen LogP contribution is -2.10. The van der Waals surface area contributed by atoms with E-state index in [9.17, 15) is 0 Å². The molecule has 2 rings (SSSR count). The van der Waals surface area contributed by atoms with Crippen LogP contribution >= 0.6 is 0 Å². The summed E-state index contributed by atoms with van der Waals surface area (Å²) in [5.41, 5.74) is 7.80. The molecule has 1 atom stereocenters. The molecule has 0 amide bonds. The topological polar surface area (TPSA) is 67.6 Å². The van der Waals surface area contributed by atoms with E-state index in [-0.39, 0.29) is 6.04 Å². The Morgan fingerprint density at radius 2 is 2.19 bits per heavy atom. The molecule has 0 fully saturated rings.